The summed E-state index contributed by atoms with van der Waals surface area (Å²) in [5, 5.41) is 6.28. The molecular formula is C18H24N2O2. The van der Waals surface area contributed by atoms with E-state index in [4.69, 9.17) is 4.74 Å². The van der Waals surface area contributed by atoms with Crippen molar-refractivity contribution in [3.63, 3.8) is 0 Å². The van der Waals surface area contributed by atoms with Gasteiger partial charge in [0.05, 0.1) is 7.11 Å². The smallest absolute Gasteiger partial charge is 0.319 e. The first-order chi connectivity index (χ1) is 10.6. The predicted molar refractivity (Wildman–Crippen MR) is 86.1 cm³/mol. The van der Waals surface area contributed by atoms with Gasteiger partial charge in [-0.15, -0.1) is 0 Å². The first-order valence-corrected chi connectivity index (χ1v) is 8.37. The Morgan fingerprint density at radius 1 is 1.05 bits per heavy atom. The Kier molecular flexibility index (Phi) is 3.28. The van der Waals surface area contributed by atoms with Crippen molar-refractivity contribution in [1.82, 2.24) is 5.32 Å². The second-order valence-corrected chi connectivity index (χ2v) is 7.51. The second kappa shape index (κ2) is 5.18. The second-order valence-electron chi connectivity index (χ2n) is 7.51. The maximum absolute atomic E-state index is 12.4. The van der Waals surface area contributed by atoms with Crippen molar-refractivity contribution in [2.24, 2.45) is 17.8 Å². The Morgan fingerprint density at radius 3 is 2.09 bits per heavy atom. The van der Waals surface area contributed by atoms with Crippen LogP contribution in [0.3, 0.4) is 0 Å². The number of carbonyl (C=O) groups is 1. The number of urea groups is 1. The molecule has 5 rings (SSSR count). The fourth-order valence-corrected chi connectivity index (χ4v) is 5.34. The van der Waals surface area contributed by atoms with Crippen LogP contribution < -0.4 is 15.4 Å². The third kappa shape index (κ3) is 2.55. The summed E-state index contributed by atoms with van der Waals surface area (Å²) in [4.78, 5) is 12.4. The minimum atomic E-state index is -0.0629. The third-order valence-electron chi connectivity index (χ3n) is 5.76. The largest absolute Gasteiger partial charge is 0.497 e. The minimum Gasteiger partial charge on any atom is -0.497 e. The topological polar surface area (TPSA) is 50.4 Å². The molecule has 4 fully saturated rings. The van der Waals surface area contributed by atoms with E-state index in [0.29, 0.717) is 0 Å². The molecule has 1 aromatic rings. The van der Waals surface area contributed by atoms with E-state index in [2.05, 4.69) is 10.6 Å². The van der Waals surface area contributed by atoms with Crippen molar-refractivity contribution in [1.29, 1.82) is 0 Å². The molecule has 4 bridgehead atoms. The molecule has 4 aliphatic carbocycles. The van der Waals surface area contributed by atoms with Gasteiger partial charge in [-0.05, 0) is 80.5 Å². The summed E-state index contributed by atoms with van der Waals surface area (Å²) in [5.41, 5.74) is 0.869. The number of benzene rings is 1. The van der Waals surface area contributed by atoms with Crippen LogP contribution in [-0.2, 0) is 0 Å². The first-order valence-electron chi connectivity index (χ1n) is 8.37. The van der Waals surface area contributed by atoms with E-state index in [9.17, 15) is 4.79 Å². The lowest BCUT2D eigenvalue weighted by Gasteiger charge is -2.56. The molecule has 1 aromatic carbocycles. The maximum Gasteiger partial charge on any atom is 0.319 e. The molecule has 4 saturated carbocycles. The first kappa shape index (κ1) is 13.9. The van der Waals surface area contributed by atoms with Crippen LogP contribution >= 0.6 is 0 Å². The summed E-state index contributed by atoms with van der Waals surface area (Å²) >= 11 is 0. The van der Waals surface area contributed by atoms with Gasteiger partial charge in [-0.25, -0.2) is 4.79 Å². The van der Waals surface area contributed by atoms with Crippen LogP contribution in [0.15, 0.2) is 24.3 Å². The molecule has 118 valence electrons. The highest BCUT2D eigenvalue weighted by molar-refractivity contribution is 5.89. The van der Waals surface area contributed by atoms with Gasteiger partial charge in [0.2, 0.25) is 0 Å². The number of amides is 2. The summed E-state index contributed by atoms with van der Waals surface area (Å²) in [6.45, 7) is 0. The molecule has 4 nitrogen and oxygen atoms in total. The molecular weight excluding hydrogens is 276 g/mol. The summed E-state index contributed by atoms with van der Waals surface area (Å²) in [5.74, 6) is 3.32. The van der Waals surface area contributed by atoms with Crippen molar-refractivity contribution in [2.75, 3.05) is 12.4 Å². The zero-order valence-electron chi connectivity index (χ0n) is 13.1. The van der Waals surface area contributed by atoms with Gasteiger partial charge >= 0.3 is 6.03 Å². The van der Waals surface area contributed by atoms with Gasteiger partial charge in [-0.1, -0.05) is 0 Å². The molecule has 22 heavy (non-hydrogen) atoms. The van der Waals surface area contributed by atoms with Crippen LogP contribution in [0, 0.1) is 17.8 Å². The van der Waals surface area contributed by atoms with Crippen LogP contribution in [0.2, 0.25) is 0 Å². The van der Waals surface area contributed by atoms with Crippen LogP contribution in [0.5, 0.6) is 5.75 Å². The number of ether oxygens (including phenoxy) is 1. The van der Waals surface area contributed by atoms with Crippen molar-refractivity contribution >= 4 is 11.7 Å². The Morgan fingerprint density at radius 2 is 1.59 bits per heavy atom. The fourth-order valence-electron chi connectivity index (χ4n) is 5.34. The lowest BCUT2D eigenvalue weighted by atomic mass is 9.53. The fraction of sp³-hybridized carbons (Fsp3) is 0.611. The van der Waals surface area contributed by atoms with Gasteiger partial charge in [0, 0.05) is 11.2 Å². The average molecular weight is 300 g/mol. The highest BCUT2D eigenvalue weighted by Gasteiger charge is 2.51. The monoisotopic (exact) mass is 300 g/mol. The number of rotatable bonds is 3. The van der Waals surface area contributed by atoms with Crippen molar-refractivity contribution in [3.05, 3.63) is 24.3 Å². The molecule has 0 unspecified atom stereocenters. The van der Waals surface area contributed by atoms with Gasteiger partial charge in [0.25, 0.3) is 0 Å². The highest BCUT2D eigenvalue weighted by atomic mass is 16.5. The van der Waals surface area contributed by atoms with Gasteiger partial charge in [-0.2, -0.15) is 0 Å². The van der Waals surface area contributed by atoms with Gasteiger partial charge in [-0.3, -0.25) is 0 Å². The predicted octanol–water partition coefficient (Wildman–Crippen LogP) is 3.79. The van der Waals surface area contributed by atoms with E-state index in [-0.39, 0.29) is 11.6 Å². The van der Waals surface area contributed by atoms with Crippen LogP contribution in [0.1, 0.15) is 38.5 Å². The van der Waals surface area contributed by atoms with Crippen LogP contribution in [0.4, 0.5) is 10.5 Å². The number of methoxy groups -OCH3 is 1. The molecule has 0 atom stereocenters. The molecule has 2 amide bonds. The van der Waals surface area contributed by atoms with Gasteiger partial charge < -0.3 is 15.4 Å². The van der Waals surface area contributed by atoms with Crippen molar-refractivity contribution < 1.29 is 9.53 Å². The molecule has 0 aliphatic heterocycles. The Labute approximate surface area is 131 Å². The standard InChI is InChI=1S/C18H24N2O2/c1-22-16-4-2-15(3-5-16)19-17(21)20-18-9-12-6-13(10-18)8-14(7-12)11-18/h2-5,12-14H,6-11H2,1H3,(H2,19,20,21). The lowest BCUT2D eigenvalue weighted by molar-refractivity contribution is -0.0127. The van der Waals surface area contributed by atoms with E-state index < -0.39 is 0 Å². The van der Waals surface area contributed by atoms with E-state index >= 15 is 0 Å². The molecule has 4 heteroatoms. The van der Waals surface area contributed by atoms with Crippen molar-refractivity contribution in [3.8, 4) is 5.75 Å². The molecule has 0 aromatic heterocycles. The van der Waals surface area contributed by atoms with E-state index in [1.807, 2.05) is 24.3 Å². The Hall–Kier alpha value is -1.71. The molecule has 0 saturated heterocycles. The van der Waals surface area contributed by atoms with Crippen LogP contribution in [-0.4, -0.2) is 18.7 Å². The molecule has 0 heterocycles. The SMILES string of the molecule is COc1ccc(NC(=O)NC23CC4CC(CC(C4)C2)C3)cc1. The molecule has 2 N–H and O–H groups in total. The normalized spacial score (nSPS) is 35.2. The maximum atomic E-state index is 12.4. The van der Waals surface area contributed by atoms with Gasteiger partial charge in [0.15, 0.2) is 0 Å². The average Bonchev–Trinajstić information content (AvgIpc) is 2.45. The zero-order valence-corrected chi connectivity index (χ0v) is 13.1. The van der Waals surface area contributed by atoms with E-state index in [1.54, 1.807) is 7.11 Å². The van der Waals surface area contributed by atoms with E-state index in [1.165, 1.54) is 38.5 Å². The number of hydrogen-bond donors (Lipinski definition) is 2. The minimum absolute atomic E-state index is 0.0608. The Balaban J connectivity index is 1.41. The molecule has 0 spiro atoms. The number of anilines is 1. The number of carbonyl (C=O) groups excluding carboxylic acids is 1. The molecule has 4 aliphatic rings. The number of nitrogens with one attached hydrogen (secondary N) is 2. The van der Waals surface area contributed by atoms with Gasteiger partial charge in [0.1, 0.15) is 5.75 Å². The van der Waals surface area contributed by atoms with Crippen molar-refractivity contribution in [2.45, 2.75) is 44.1 Å². The summed E-state index contributed by atoms with van der Waals surface area (Å²) in [7, 11) is 1.64. The van der Waals surface area contributed by atoms with E-state index in [0.717, 1.165) is 29.2 Å². The molecule has 0 radical (unpaired) electrons. The Bertz CT molecular complexity index is 532. The highest BCUT2D eigenvalue weighted by Crippen LogP contribution is 2.55. The lowest BCUT2D eigenvalue weighted by Crippen LogP contribution is -2.60. The summed E-state index contributed by atoms with van der Waals surface area (Å²) in [6, 6.07) is 7.41. The summed E-state index contributed by atoms with van der Waals surface area (Å²) < 4.78 is 5.14. The zero-order chi connectivity index (χ0) is 15.2. The third-order valence-corrected chi connectivity index (χ3v) is 5.76. The quantitative estimate of drug-likeness (QED) is 0.892. The summed E-state index contributed by atoms with van der Waals surface area (Å²) in [6.07, 6.45) is 7.70. The van der Waals surface area contributed by atoms with Crippen LogP contribution in [0.25, 0.3) is 0 Å². The number of hydrogen-bond acceptors (Lipinski definition) is 2.